The third kappa shape index (κ3) is 3.83. The molecule has 5 aromatic rings. The molecule has 0 spiro atoms. The van der Waals surface area contributed by atoms with Crippen LogP contribution in [0.15, 0.2) is 89.0 Å². The number of amides is 1. The predicted octanol–water partition coefficient (Wildman–Crippen LogP) is 5.45. The Hall–Kier alpha value is -4.17. The maximum absolute atomic E-state index is 13.8. The first-order valence-electron chi connectivity index (χ1n) is 12.6. The van der Waals surface area contributed by atoms with Crippen LogP contribution < -0.4 is 5.32 Å². The van der Waals surface area contributed by atoms with E-state index in [0.29, 0.717) is 17.8 Å². The van der Waals surface area contributed by atoms with Gasteiger partial charge < -0.3 is 10.3 Å². The molecule has 0 saturated heterocycles. The Morgan fingerprint density at radius 2 is 1.76 bits per heavy atom. The van der Waals surface area contributed by atoms with Crippen LogP contribution in [-0.4, -0.2) is 35.5 Å². The van der Waals surface area contributed by atoms with E-state index < -0.39 is 16.1 Å². The molecule has 7 nitrogen and oxygen atoms in total. The predicted molar refractivity (Wildman–Crippen MR) is 150 cm³/mol. The lowest BCUT2D eigenvalue weighted by molar-refractivity contribution is -0.115. The number of aliphatic imine (C=N–C) groups is 1. The summed E-state index contributed by atoms with van der Waals surface area (Å²) in [5.74, 6) is -0.129. The number of H-pyrrole nitrogens is 1. The lowest BCUT2D eigenvalue weighted by atomic mass is 9.94. The van der Waals surface area contributed by atoms with Crippen LogP contribution in [-0.2, 0) is 14.8 Å². The van der Waals surface area contributed by atoms with E-state index in [1.165, 1.54) is 3.97 Å². The number of fused-ring (bicyclic) bond motifs is 2. The van der Waals surface area contributed by atoms with E-state index in [0.717, 1.165) is 38.5 Å². The van der Waals surface area contributed by atoms with E-state index in [9.17, 15) is 13.2 Å². The molecule has 0 saturated carbocycles. The van der Waals surface area contributed by atoms with Gasteiger partial charge in [-0.15, -0.1) is 0 Å². The van der Waals surface area contributed by atoms with Crippen molar-refractivity contribution in [3.8, 4) is 0 Å². The number of hydrogen-bond acceptors (Lipinski definition) is 4. The van der Waals surface area contributed by atoms with Crippen LogP contribution in [0.4, 0.5) is 0 Å². The molecule has 1 atom stereocenters. The fourth-order valence-corrected chi connectivity index (χ4v) is 6.63. The van der Waals surface area contributed by atoms with Gasteiger partial charge in [-0.2, -0.15) is 0 Å². The maximum atomic E-state index is 13.8. The molecule has 1 unspecified atom stereocenters. The molecule has 0 aliphatic carbocycles. The van der Waals surface area contributed by atoms with Gasteiger partial charge in [-0.3, -0.25) is 9.79 Å². The van der Waals surface area contributed by atoms with Crippen LogP contribution >= 0.6 is 0 Å². The fourth-order valence-electron chi connectivity index (χ4n) is 5.26. The Morgan fingerprint density at radius 3 is 2.50 bits per heavy atom. The second-order valence-electron chi connectivity index (χ2n) is 10.1. The first-order valence-corrected chi connectivity index (χ1v) is 14.1. The quantitative estimate of drug-likeness (QED) is 0.320. The Labute approximate surface area is 221 Å². The Kier molecular flexibility index (Phi) is 5.72. The summed E-state index contributed by atoms with van der Waals surface area (Å²) in [6, 6.07) is 19.9. The van der Waals surface area contributed by atoms with Crippen molar-refractivity contribution in [2.24, 2.45) is 4.99 Å². The van der Waals surface area contributed by atoms with Crippen molar-refractivity contribution in [3.05, 3.63) is 101 Å². The summed E-state index contributed by atoms with van der Waals surface area (Å²) in [5, 5.41) is 4.89. The highest BCUT2D eigenvalue weighted by atomic mass is 32.2. The number of para-hydroxylation sites is 1. The van der Waals surface area contributed by atoms with Crippen LogP contribution in [0.3, 0.4) is 0 Å². The van der Waals surface area contributed by atoms with Crippen molar-refractivity contribution in [2.45, 2.75) is 37.6 Å². The summed E-state index contributed by atoms with van der Waals surface area (Å²) in [4.78, 5) is 21.5. The molecule has 1 amide bonds. The van der Waals surface area contributed by atoms with Gasteiger partial charge in [-0.05, 0) is 42.7 Å². The van der Waals surface area contributed by atoms with Crippen LogP contribution in [0.2, 0.25) is 0 Å². The molecule has 3 aromatic carbocycles. The van der Waals surface area contributed by atoms with Gasteiger partial charge in [0.2, 0.25) is 0 Å². The number of benzene rings is 3. The van der Waals surface area contributed by atoms with Gasteiger partial charge in [-0.1, -0.05) is 61.9 Å². The van der Waals surface area contributed by atoms with Crippen molar-refractivity contribution in [3.63, 3.8) is 0 Å². The van der Waals surface area contributed by atoms with Gasteiger partial charge in [0.05, 0.1) is 23.0 Å². The number of carbonyl (C=O) groups excluding carboxylic acids is 1. The van der Waals surface area contributed by atoms with E-state index in [1.807, 2.05) is 49.4 Å². The zero-order valence-electron chi connectivity index (χ0n) is 21.4. The molecular weight excluding hydrogens is 496 g/mol. The molecule has 38 heavy (non-hydrogen) atoms. The van der Waals surface area contributed by atoms with E-state index >= 15 is 0 Å². The van der Waals surface area contributed by atoms with Gasteiger partial charge in [0.15, 0.2) is 0 Å². The highest BCUT2D eigenvalue weighted by molar-refractivity contribution is 7.90. The van der Waals surface area contributed by atoms with Gasteiger partial charge >= 0.3 is 0 Å². The van der Waals surface area contributed by atoms with Gasteiger partial charge in [0.1, 0.15) is 5.71 Å². The van der Waals surface area contributed by atoms with Crippen LogP contribution in [0.1, 0.15) is 48.1 Å². The molecule has 8 heteroatoms. The molecule has 1 aliphatic heterocycles. The number of aryl methyl sites for hydroxylation is 1. The smallest absolute Gasteiger partial charge is 0.270 e. The number of aromatic nitrogens is 2. The molecular formula is C30H28N4O3S. The third-order valence-corrected chi connectivity index (χ3v) is 8.92. The Morgan fingerprint density at radius 1 is 1.00 bits per heavy atom. The molecule has 2 aromatic heterocycles. The fraction of sp³-hybridized carbons (Fsp3) is 0.200. The van der Waals surface area contributed by atoms with Crippen LogP contribution in [0, 0.1) is 6.92 Å². The van der Waals surface area contributed by atoms with Crippen molar-refractivity contribution in [1.82, 2.24) is 14.3 Å². The standard InChI is InChI=1S/C30H28N4O3S/c1-18(2)21-8-6-10-27-28(21)24(17-34(27)38(36,37)20-13-11-19(3)12-14-20)26-16-32-29(30(35)33-26)23-15-31-25-9-5-4-7-22(23)25/h4-15,17-18,26,31H,16H2,1-3H3,(H,33,35). The number of nitrogens with one attached hydrogen (secondary N) is 2. The summed E-state index contributed by atoms with van der Waals surface area (Å²) in [5.41, 5.74) is 5.41. The summed E-state index contributed by atoms with van der Waals surface area (Å²) in [7, 11) is -3.86. The van der Waals surface area contributed by atoms with Gasteiger partial charge in [-0.25, -0.2) is 12.4 Å². The zero-order valence-corrected chi connectivity index (χ0v) is 22.2. The molecule has 0 fully saturated rings. The summed E-state index contributed by atoms with van der Waals surface area (Å²) < 4.78 is 28.9. The van der Waals surface area contributed by atoms with Crippen LogP contribution in [0.25, 0.3) is 21.8 Å². The van der Waals surface area contributed by atoms with Crippen molar-refractivity contribution in [1.29, 1.82) is 0 Å². The van der Waals surface area contributed by atoms with Crippen molar-refractivity contribution in [2.75, 3.05) is 6.54 Å². The first kappa shape index (κ1) is 24.2. The minimum Gasteiger partial charge on any atom is -0.360 e. The highest BCUT2D eigenvalue weighted by Crippen LogP contribution is 2.36. The second-order valence-corrected chi connectivity index (χ2v) is 11.9. The molecule has 6 rings (SSSR count). The molecule has 0 bridgehead atoms. The number of carbonyl (C=O) groups is 1. The molecule has 192 valence electrons. The van der Waals surface area contributed by atoms with Crippen LogP contribution in [0.5, 0.6) is 0 Å². The SMILES string of the molecule is Cc1ccc(S(=O)(=O)n2cc(C3CN=C(c4c[nH]c5ccccc45)C(=O)N3)c3c(C(C)C)cccc32)cc1. The largest absolute Gasteiger partial charge is 0.360 e. The van der Waals surface area contributed by atoms with Gasteiger partial charge in [0, 0.05) is 39.8 Å². The average molecular weight is 525 g/mol. The highest BCUT2D eigenvalue weighted by Gasteiger charge is 2.31. The van der Waals surface area contributed by atoms with E-state index in [1.54, 1.807) is 36.7 Å². The lowest BCUT2D eigenvalue weighted by Gasteiger charge is -2.23. The Balaban J connectivity index is 1.48. The average Bonchev–Trinajstić information content (AvgIpc) is 3.51. The molecule has 0 radical (unpaired) electrons. The summed E-state index contributed by atoms with van der Waals surface area (Å²) in [6.07, 6.45) is 3.46. The number of nitrogens with zero attached hydrogens (tertiary/aromatic N) is 2. The van der Waals surface area contributed by atoms with E-state index in [4.69, 9.17) is 4.99 Å². The summed E-state index contributed by atoms with van der Waals surface area (Å²) in [6.45, 7) is 6.39. The minimum atomic E-state index is -3.86. The van der Waals surface area contributed by atoms with E-state index in [-0.39, 0.29) is 16.7 Å². The molecule has 2 N–H and O–H groups in total. The molecule has 1 aliphatic rings. The van der Waals surface area contributed by atoms with Gasteiger partial charge in [0.25, 0.3) is 15.9 Å². The Bertz CT molecular complexity index is 1840. The van der Waals surface area contributed by atoms with E-state index in [2.05, 4.69) is 24.1 Å². The second kappa shape index (κ2) is 8.99. The first-order chi connectivity index (χ1) is 18.3. The van der Waals surface area contributed by atoms with Crippen molar-refractivity contribution < 1.29 is 13.2 Å². The van der Waals surface area contributed by atoms with Crippen molar-refractivity contribution >= 4 is 43.4 Å². The lowest BCUT2D eigenvalue weighted by Crippen LogP contribution is -2.40. The zero-order chi connectivity index (χ0) is 26.6. The molecule has 3 heterocycles. The normalized spacial score (nSPS) is 16.3. The number of aromatic amines is 1. The maximum Gasteiger partial charge on any atom is 0.270 e. The third-order valence-electron chi connectivity index (χ3n) is 7.23. The minimum absolute atomic E-state index is 0.153. The number of hydrogen-bond donors (Lipinski definition) is 2. The summed E-state index contributed by atoms with van der Waals surface area (Å²) >= 11 is 0. The number of rotatable bonds is 5. The monoisotopic (exact) mass is 524 g/mol. The topological polar surface area (TPSA) is 96.3 Å².